The fourth-order valence-corrected chi connectivity index (χ4v) is 2.09. The molecule has 1 heterocycles. The van der Waals surface area contributed by atoms with Crippen molar-refractivity contribution in [2.45, 2.75) is 26.3 Å². The Hall–Kier alpha value is -1.23. The summed E-state index contributed by atoms with van der Waals surface area (Å²) in [6, 6.07) is 1.44. The summed E-state index contributed by atoms with van der Waals surface area (Å²) in [5, 5.41) is 9.03. The second-order valence-electron chi connectivity index (χ2n) is 3.87. The lowest BCUT2D eigenvalue weighted by atomic mass is 10.2. The molecule has 0 aliphatic rings. The second kappa shape index (κ2) is 6.49. The summed E-state index contributed by atoms with van der Waals surface area (Å²) >= 11 is 1.78. The Labute approximate surface area is 105 Å². The molecular formula is C12H17NO3S. The van der Waals surface area contributed by atoms with Crippen LogP contribution in [0.4, 0.5) is 0 Å². The van der Waals surface area contributed by atoms with E-state index in [1.807, 2.05) is 6.26 Å². The quantitative estimate of drug-likeness (QED) is 0.601. The number of carbonyl (C=O) groups is 2. The molecule has 0 unspecified atom stereocenters. The number of carboxylic acid groups (broad SMARTS) is 1. The van der Waals surface area contributed by atoms with Gasteiger partial charge in [0.05, 0.1) is 0 Å². The van der Waals surface area contributed by atoms with E-state index >= 15 is 0 Å². The lowest BCUT2D eigenvalue weighted by Crippen LogP contribution is -2.07. The number of rotatable bonds is 7. The van der Waals surface area contributed by atoms with E-state index < -0.39 is 5.97 Å². The fourth-order valence-electron chi connectivity index (χ4n) is 1.60. The van der Waals surface area contributed by atoms with Gasteiger partial charge >= 0.3 is 5.97 Å². The van der Waals surface area contributed by atoms with Gasteiger partial charge in [-0.25, -0.2) is 4.79 Å². The molecule has 0 saturated heterocycles. The third kappa shape index (κ3) is 3.93. The average molecular weight is 255 g/mol. The van der Waals surface area contributed by atoms with Crippen molar-refractivity contribution in [3.8, 4) is 0 Å². The van der Waals surface area contributed by atoms with Crippen LogP contribution < -0.4 is 0 Å². The smallest absolute Gasteiger partial charge is 0.352 e. The van der Waals surface area contributed by atoms with Gasteiger partial charge in [-0.3, -0.25) is 4.79 Å². The van der Waals surface area contributed by atoms with Crippen LogP contribution in [-0.4, -0.2) is 33.4 Å². The Bertz CT molecular complexity index is 412. The molecule has 0 aliphatic heterocycles. The molecule has 0 atom stereocenters. The molecule has 0 bridgehead atoms. The maximum Gasteiger partial charge on any atom is 0.352 e. The number of carboxylic acids is 1. The van der Waals surface area contributed by atoms with Crippen molar-refractivity contribution < 1.29 is 14.7 Å². The first-order chi connectivity index (χ1) is 8.06. The number of aromatic carboxylic acids is 1. The molecule has 0 aromatic carbocycles. The highest BCUT2D eigenvalue weighted by Gasteiger charge is 2.14. The summed E-state index contributed by atoms with van der Waals surface area (Å²) in [6.45, 7) is 2.09. The molecule has 0 spiro atoms. The molecule has 17 heavy (non-hydrogen) atoms. The number of aryl methyl sites for hydroxylation is 1. The summed E-state index contributed by atoms with van der Waals surface area (Å²) in [6.07, 6.45) is 5.65. The molecule has 1 aromatic heterocycles. The molecule has 4 nitrogen and oxygen atoms in total. The number of hydrogen-bond acceptors (Lipinski definition) is 3. The van der Waals surface area contributed by atoms with Crippen LogP contribution in [0, 0.1) is 0 Å². The summed E-state index contributed by atoms with van der Waals surface area (Å²) < 4.78 is 1.65. The maximum absolute atomic E-state index is 11.2. The molecule has 1 aromatic rings. The topological polar surface area (TPSA) is 59.3 Å². The molecule has 94 valence electrons. The number of Topliss-reactive ketones (excluding diaryl/α,β-unsaturated/α-hetero) is 1. The number of aromatic nitrogens is 1. The molecule has 0 saturated carbocycles. The predicted molar refractivity (Wildman–Crippen MR) is 69.0 cm³/mol. The van der Waals surface area contributed by atoms with Crippen molar-refractivity contribution >= 4 is 23.5 Å². The van der Waals surface area contributed by atoms with Crippen LogP contribution in [0.15, 0.2) is 12.3 Å². The minimum atomic E-state index is -0.984. The van der Waals surface area contributed by atoms with E-state index in [0.29, 0.717) is 12.1 Å². The molecule has 1 N–H and O–H groups in total. The monoisotopic (exact) mass is 255 g/mol. The van der Waals surface area contributed by atoms with Gasteiger partial charge in [0.25, 0.3) is 0 Å². The average Bonchev–Trinajstić information content (AvgIpc) is 2.68. The molecule has 0 amide bonds. The van der Waals surface area contributed by atoms with Crippen LogP contribution in [0.1, 0.15) is 40.6 Å². The maximum atomic E-state index is 11.2. The number of hydrogen-bond donors (Lipinski definition) is 1. The Kier molecular flexibility index (Phi) is 5.28. The summed E-state index contributed by atoms with van der Waals surface area (Å²) in [5.74, 6) is -0.0128. The van der Waals surface area contributed by atoms with E-state index in [9.17, 15) is 9.59 Å². The van der Waals surface area contributed by atoms with E-state index in [2.05, 4.69) is 0 Å². The van der Waals surface area contributed by atoms with Gasteiger partial charge < -0.3 is 9.67 Å². The summed E-state index contributed by atoms with van der Waals surface area (Å²) in [5.41, 5.74) is 0.659. The first-order valence-corrected chi connectivity index (χ1v) is 6.89. The molecule has 0 aliphatic carbocycles. The van der Waals surface area contributed by atoms with Crippen LogP contribution in [0.3, 0.4) is 0 Å². The van der Waals surface area contributed by atoms with Crippen LogP contribution >= 0.6 is 11.8 Å². The first kappa shape index (κ1) is 13.8. The van der Waals surface area contributed by atoms with E-state index in [0.717, 1.165) is 18.6 Å². The van der Waals surface area contributed by atoms with Gasteiger partial charge in [-0.1, -0.05) is 0 Å². The van der Waals surface area contributed by atoms with Crippen LogP contribution in [0.25, 0.3) is 0 Å². The Morgan fingerprint density at radius 3 is 2.65 bits per heavy atom. The zero-order valence-corrected chi connectivity index (χ0v) is 10.9. The van der Waals surface area contributed by atoms with Gasteiger partial charge in [-0.15, -0.1) is 0 Å². The number of carbonyl (C=O) groups excluding carboxylic acids is 1. The SMILES string of the molecule is CSCCCCn1cc(C(C)=O)cc1C(=O)O. The van der Waals surface area contributed by atoms with Crippen molar-refractivity contribution in [3.63, 3.8) is 0 Å². The van der Waals surface area contributed by atoms with E-state index in [1.165, 1.54) is 13.0 Å². The molecule has 1 rings (SSSR count). The zero-order chi connectivity index (χ0) is 12.8. The summed E-state index contributed by atoms with van der Waals surface area (Å²) in [4.78, 5) is 22.2. The number of thioether (sulfide) groups is 1. The Morgan fingerprint density at radius 1 is 1.41 bits per heavy atom. The lowest BCUT2D eigenvalue weighted by molar-refractivity contribution is 0.0685. The van der Waals surface area contributed by atoms with Gasteiger partial charge in [0.1, 0.15) is 5.69 Å². The van der Waals surface area contributed by atoms with Gasteiger partial charge in [0.15, 0.2) is 5.78 Å². The lowest BCUT2D eigenvalue weighted by Gasteiger charge is -2.05. The van der Waals surface area contributed by atoms with Gasteiger partial charge in [0, 0.05) is 18.3 Å². The molecular weight excluding hydrogens is 238 g/mol. The van der Waals surface area contributed by atoms with E-state index in [-0.39, 0.29) is 11.5 Å². The van der Waals surface area contributed by atoms with Crippen LogP contribution in [-0.2, 0) is 6.54 Å². The third-order valence-electron chi connectivity index (χ3n) is 2.52. The first-order valence-electron chi connectivity index (χ1n) is 5.49. The van der Waals surface area contributed by atoms with Gasteiger partial charge in [-0.2, -0.15) is 11.8 Å². The third-order valence-corrected chi connectivity index (χ3v) is 3.22. The predicted octanol–water partition coefficient (Wildman–Crippen LogP) is 2.53. The number of nitrogens with zero attached hydrogens (tertiary/aromatic N) is 1. The molecule has 0 radical (unpaired) electrons. The Balaban J connectivity index is 2.74. The highest BCUT2D eigenvalue weighted by Crippen LogP contribution is 2.12. The Morgan fingerprint density at radius 2 is 2.12 bits per heavy atom. The fraction of sp³-hybridized carbons (Fsp3) is 0.500. The van der Waals surface area contributed by atoms with Gasteiger partial charge in [0.2, 0.25) is 0 Å². The summed E-state index contributed by atoms with van der Waals surface area (Å²) in [7, 11) is 0. The van der Waals surface area contributed by atoms with Crippen LogP contribution in [0.2, 0.25) is 0 Å². The molecule has 5 heteroatoms. The van der Waals surface area contributed by atoms with Crippen molar-refractivity contribution in [2.24, 2.45) is 0 Å². The zero-order valence-electron chi connectivity index (χ0n) is 10.1. The number of ketones is 1. The minimum Gasteiger partial charge on any atom is -0.477 e. The van der Waals surface area contributed by atoms with Crippen molar-refractivity contribution in [1.82, 2.24) is 4.57 Å². The normalized spacial score (nSPS) is 10.5. The van der Waals surface area contributed by atoms with Crippen molar-refractivity contribution in [1.29, 1.82) is 0 Å². The van der Waals surface area contributed by atoms with Crippen molar-refractivity contribution in [3.05, 3.63) is 23.5 Å². The van der Waals surface area contributed by atoms with E-state index in [1.54, 1.807) is 22.5 Å². The van der Waals surface area contributed by atoms with E-state index in [4.69, 9.17) is 5.11 Å². The highest BCUT2D eigenvalue weighted by atomic mass is 32.2. The standard InChI is InChI=1S/C12H17NO3S/c1-9(14)10-7-11(12(15)16)13(8-10)5-3-4-6-17-2/h7-8H,3-6H2,1-2H3,(H,15,16). The molecule has 0 fully saturated rings. The minimum absolute atomic E-state index is 0.102. The van der Waals surface area contributed by atoms with Crippen LogP contribution in [0.5, 0.6) is 0 Å². The largest absolute Gasteiger partial charge is 0.477 e. The van der Waals surface area contributed by atoms with Gasteiger partial charge in [-0.05, 0) is 37.8 Å². The number of unbranched alkanes of at least 4 members (excludes halogenated alkanes) is 1. The highest BCUT2D eigenvalue weighted by molar-refractivity contribution is 7.98. The van der Waals surface area contributed by atoms with Crippen molar-refractivity contribution in [2.75, 3.05) is 12.0 Å². The second-order valence-corrected chi connectivity index (χ2v) is 4.85.